The van der Waals surface area contributed by atoms with E-state index in [9.17, 15) is 22.4 Å². The van der Waals surface area contributed by atoms with Gasteiger partial charge in [-0.25, -0.2) is 9.97 Å². The van der Waals surface area contributed by atoms with Crippen LogP contribution in [-0.4, -0.2) is 32.4 Å². The first-order valence-electron chi connectivity index (χ1n) is 11.4. The minimum atomic E-state index is -4.54. The predicted molar refractivity (Wildman–Crippen MR) is 127 cm³/mol. The molecule has 0 unspecified atom stereocenters. The Morgan fingerprint density at radius 3 is 2.68 bits per heavy atom. The smallest absolute Gasteiger partial charge is 0.417 e. The zero-order valence-corrected chi connectivity index (χ0v) is 19.6. The number of nitrogen functional groups attached to an aromatic ring is 1. The molecule has 7 nitrogen and oxygen atoms in total. The molecule has 4 aromatic rings. The second-order valence-electron chi connectivity index (χ2n) is 8.74. The highest BCUT2D eigenvalue weighted by atomic mass is 19.4. The highest BCUT2D eigenvalue weighted by molar-refractivity contribution is 5.98. The van der Waals surface area contributed by atoms with Gasteiger partial charge in [0.1, 0.15) is 17.3 Å². The first-order valence-corrected chi connectivity index (χ1v) is 11.4. The van der Waals surface area contributed by atoms with Crippen LogP contribution in [0.3, 0.4) is 0 Å². The van der Waals surface area contributed by atoms with Crippen molar-refractivity contribution in [3.8, 4) is 5.75 Å². The molecule has 0 radical (unpaired) electrons. The first-order chi connectivity index (χ1) is 17.6. The summed E-state index contributed by atoms with van der Waals surface area (Å²) in [7, 11) is 0. The van der Waals surface area contributed by atoms with Gasteiger partial charge in [-0.2, -0.15) is 17.6 Å². The summed E-state index contributed by atoms with van der Waals surface area (Å²) in [6.45, 7) is 1.92. The summed E-state index contributed by atoms with van der Waals surface area (Å²) < 4.78 is 58.8. The minimum absolute atomic E-state index is 0.129. The minimum Gasteiger partial charge on any atom is -0.491 e. The van der Waals surface area contributed by atoms with Crippen molar-refractivity contribution in [2.24, 2.45) is 0 Å². The zero-order valence-electron chi connectivity index (χ0n) is 19.6. The maximum Gasteiger partial charge on any atom is 0.417 e. The second kappa shape index (κ2) is 9.30. The predicted octanol–water partition coefficient (Wildman–Crippen LogP) is 5.24. The van der Waals surface area contributed by atoms with Crippen LogP contribution >= 0.6 is 0 Å². The fourth-order valence-corrected chi connectivity index (χ4v) is 4.30. The fraction of sp³-hybridized carbons (Fsp3) is 0.231. The maximum atomic E-state index is 14.1. The molecule has 1 aliphatic heterocycles. The van der Waals surface area contributed by atoms with Crippen molar-refractivity contribution in [1.29, 1.82) is 0 Å². The number of pyridine rings is 3. The van der Waals surface area contributed by atoms with Crippen LogP contribution in [0.25, 0.3) is 10.9 Å². The van der Waals surface area contributed by atoms with Gasteiger partial charge in [-0.05, 0) is 61.0 Å². The molecule has 0 fully saturated rings. The summed E-state index contributed by atoms with van der Waals surface area (Å²) in [5.74, 6) is -0.445. The van der Waals surface area contributed by atoms with Crippen LogP contribution in [0, 0.1) is 12.9 Å². The molecule has 0 saturated carbocycles. The molecule has 3 aromatic heterocycles. The van der Waals surface area contributed by atoms with Crippen molar-refractivity contribution < 1.29 is 27.1 Å². The number of nitrogens with two attached hydrogens (primary N) is 1. The monoisotopic (exact) mass is 511 g/mol. The van der Waals surface area contributed by atoms with Crippen LogP contribution in [0.15, 0.2) is 54.7 Å². The Morgan fingerprint density at radius 2 is 1.95 bits per heavy atom. The van der Waals surface area contributed by atoms with Gasteiger partial charge in [0, 0.05) is 23.6 Å². The van der Waals surface area contributed by atoms with Crippen molar-refractivity contribution in [2.45, 2.75) is 32.1 Å². The molecule has 1 atom stereocenters. The number of carbonyl (C=O) groups excluding carboxylic acids is 1. The number of rotatable bonds is 4. The molecule has 0 saturated heterocycles. The van der Waals surface area contributed by atoms with Crippen molar-refractivity contribution in [1.82, 2.24) is 19.9 Å². The first kappa shape index (κ1) is 24.4. The molecular weight excluding hydrogens is 490 g/mol. The van der Waals surface area contributed by atoms with Crippen LogP contribution in [-0.2, 0) is 12.7 Å². The van der Waals surface area contributed by atoms with E-state index in [0.29, 0.717) is 34.5 Å². The van der Waals surface area contributed by atoms with E-state index in [2.05, 4.69) is 15.0 Å². The Balaban J connectivity index is 1.56. The Kier molecular flexibility index (Phi) is 6.14. The third-order valence-corrected chi connectivity index (χ3v) is 6.23. The standard InChI is InChI=1S/C26H21F4N5O2/c1-14-10-16-11-15(2-5-19(16)33-24(14)31)25(36)35(13-18-4-3-17(12-32-18)26(28,29)30)20-8-9-37-21-6-7-22(27)34-23(20)21/h2-7,10-12,20H,8-9,13H2,1H3,(H2,31,33)/t20-/m1/s1. The number of alkyl halides is 3. The summed E-state index contributed by atoms with van der Waals surface area (Å²) in [5.41, 5.74) is 7.14. The van der Waals surface area contributed by atoms with E-state index >= 15 is 0 Å². The van der Waals surface area contributed by atoms with Gasteiger partial charge < -0.3 is 15.4 Å². The number of anilines is 1. The van der Waals surface area contributed by atoms with E-state index < -0.39 is 29.6 Å². The third kappa shape index (κ3) is 4.89. The Hall–Kier alpha value is -4.28. The van der Waals surface area contributed by atoms with Crippen molar-refractivity contribution in [3.63, 3.8) is 0 Å². The number of ether oxygens (including phenoxy) is 1. The number of benzene rings is 1. The number of aryl methyl sites for hydroxylation is 1. The Labute approximate surface area is 208 Å². The van der Waals surface area contributed by atoms with E-state index in [-0.39, 0.29) is 24.5 Å². The Bertz CT molecular complexity index is 1490. The highest BCUT2D eigenvalue weighted by Crippen LogP contribution is 2.37. The molecule has 4 heterocycles. The molecule has 0 spiro atoms. The molecule has 1 amide bonds. The lowest BCUT2D eigenvalue weighted by Gasteiger charge is -2.35. The van der Waals surface area contributed by atoms with Crippen LogP contribution in [0.1, 0.15) is 45.3 Å². The maximum absolute atomic E-state index is 14.1. The van der Waals surface area contributed by atoms with Gasteiger partial charge >= 0.3 is 6.18 Å². The van der Waals surface area contributed by atoms with Gasteiger partial charge in [0.2, 0.25) is 5.95 Å². The molecular formula is C26H21F4N5O2. The van der Waals surface area contributed by atoms with Crippen molar-refractivity contribution in [2.75, 3.05) is 12.3 Å². The van der Waals surface area contributed by atoms with E-state index in [4.69, 9.17) is 10.5 Å². The lowest BCUT2D eigenvalue weighted by molar-refractivity contribution is -0.137. The number of fused-ring (bicyclic) bond motifs is 2. The molecule has 0 bridgehead atoms. The van der Waals surface area contributed by atoms with Crippen LogP contribution in [0.4, 0.5) is 23.4 Å². The van der Waals surface area contributed by atoms with Gasteiger partial charge in [0.25, 0.3) is 5.91 Å². The average molecular weight is 511 g/mol. The number of hydrogen-bond acceptors (Lipinski definition) is 6. The number of nitrogens with zero attached hydrogens (tertiary/aromatic N) is 4. The molecule has 37 heavy (non-hydrogen) atoms. The summed E-state index contributed by atoms with van der Waals surface area (Å²) in [5, 5.41) is 0.696. The van der Waals surface area contributed by atoms with Crippen LogP contribution in [0.5, 0.6) is 5.75 Å². The summed E-state index contributed by atoms with van der Waals surface area (Å²) in [6.07, 6.45) is -3.51. The summed E-state index contributed by atoms with van der Waals surface area (Å²) in [6, 6.07) is 10.8. The average Bonchev–Trinajstić information content (AvgIpc) is 2.87. The van der Waals surface area contributed by atoms with Crippen LogP contribution in [0.2, 0.25) is 0 Å². The van der Waals surface area contributed by atoms with Gasteiger partial charge in [-0.15, -0.1) is 0 Å². The molecule has 5 rings (SSSR count). The van der Waals surface area contributed by atoms with Gasteiger partial charge in [0.15, 0.2) is 0 Å². The molecule has 1 aliphatic rings. The Morgan fingerprint density at radius 1 is 1.14 bits per heavy atom. The number of aromatic nitrogens is 3. The fourth-order valence-electron chi connectivity index (χ4n) is 4.30. The van der Waals surface area contributed by atoms with Crippen LogP contribution < -0.4 is 10.5 Å². The van der Waals surface area contributed by atoms with E-state index in [1.54, 1.807) is 25.1 Å². The van der Waals surface area contributed by atoms with E-state index in [1.807, 2.05) is 6.07 Å². The highest BCUT2D eigenvalue weighted by Gasteiger charge is 2.34. The molecule has 2 N–H and O–H groups in total. The SMILES string of the molecule is Cc1cc2cc(C(=O)N(Cc3ccc(C(F)(F)F)cn3)[C@@H]3CCOc4ccc(F)nc43)ccc2nc1N. The molecule has 1 aromatic carbocycles. The summed E-state index contributed by atoms with van der Waals surface area (Å²) in [4.78, 5) is 27.5. The third-order valence-electron chi connectivity index (χ3n) is 6.23. The molecule has 0 aliphatic carbocycles. The van der Waals surface area contributed by atoms with Gasteiger partial charge in [0.05, 0.1) is 36.0 Å². The van der Waals surface area contributed by atoms with E-state index in [0.717, 1.165) is 23.9 Å². The zero-order chi connectivity index (χ0) is 26.3. The topological polar surface area (TPSA) is 94.2 Å². The van der Waals surface area contributed by atoms with Gasteiger partial charge in [-0.1, -0.05) is 0 Å². The largest absolute Gasteiger partial charge is 0.491 e. The number of carbonyl (C=O) groups is 1. The molecule has 190 valence electrons. The normalized spacial score (nSPS) is 15.2. The lowest BCUT2D eigenvalue weighted by atomic mass is 10.0. The van der Waals surface area contributed by atoms with Crippen molar-refractivity contribution >= 4 is 22.6 Å². The second-order valence-corrected chi connectivity index (χ2v) is 8.74. The van der Waals surface area contributed by atoms with Crippen molar-refractivity contribution in [3.05, 3.63) is 88.8 Å². The lowest BCUT2D eigenvalue weighted by Crippen LogP contribution is -2.38. The number of hydrogen-bond donors (Lipinski definition) is 1. The van der Waals surface area contributed by atoms with E-state index in [1.165, 1.54) is 17.0 Å². The number of amides is 1. The number of halogens is 4. The molecule has 11 heteroatoms. The van der Waals surface area contributed by atoms with Gasteiger partial charge in [-0.3, -0.25) is 9.78 Å². The quantitative estimate of drug-likeness (QED) is 0.298. The summed E-state index contributed by atoms with van der Waals surface area (Å²) >= 11 is 0.